The molecule has 5 heteroatoms. The molecule has 0 radical (unpaired) electrons. The van der Waals surface area contributed by atoms with Gasteiger partial charge in [0.2, 0.25) is 0 Å². The maximum Gasteiger partial charge on any atom is 0.160 e. The molecule has 0 fully saturated rings. The topological polar surface area (TPSA) is 40.6 Å². The highest BCUT2D eigenvalue weighted by molar-refractivity contribution is 6.11. The molecule has 0 amide bonds. The quantitative estimate of drug-likeness (QED) is 0.121. The number of rotatable bonds is 11. The van der Waals surface area contributed by atoms with Gasteiger partial charge in [-0.2, -0.15) is 0 Å². The highest BCUT2D eigenvalue weighted by atomic mass is 15.0. The third-order valence-corrected chi connectivity index (χ3v) is 14.1. The number of hydrogen-bond acceptors (Lipinski definition) is 2. The highest BCUT2D eigenvalue weighted by Crippen LogP contribution is 2.39. The lowest BCUT2D eigenvalue weighted by Crippen LogP contribution is -2.02. The van der Waals surface area contributed by atoms with Crippen LogP contribution in [0.25, 0.3) is 116 Å². The van der Waals surface area contributed by atoms with Crippen LogP contribution in [0.3, 0.4) is 0 Å². The highest BCUT2D eigenvalue weighted by Gasteiger charge is 2.20. The molecule has 69 heavy (non-hydrogen) atoms. The van der Waals surface area contributed by atoms with Gasteiger partial charge in [0.25, 0.3) is 0 Å². The molecular formula is C64H49N5. The van der Waals surface area contributed by atoms with Gasteiger partial charge in [0.1, 0.15) is 0 Å². The molecule has 4 aromatic heterocycles. The van der Waals surface area contributed by atoms with Crippen molar-refractivity contribution < 1.29 is 0 Å². The minimum absolute atomic E-state index is 0.701. The smallest absolute Gasteiger partial charge is 0.160 e. The third-order valence-electron chi connectivity index (χ3n) is 14.1. The van der Waals surface area contributed by atoms with Crippen molar-refractivity contribution in [1.82, 2.24) is 23.7 Å². The van der Waals surface area contributed by atoms with E-state index in [1.165, 1.54) is 74.6 Å². The summed E-state index contributed by atoms with van der Waals surface area (Å²) in [5.41, 5.74) is 16.3. The summed E-state index contributed by atoms with van der Waals surface area (Å²) in [7, 11) is 0. The number of nitrogens with zero attached hydrogens (tertiary/aromatic N) is 5. The monoisotopic (exact) mass is 887 g/mol. The summed E-state index contributed by atoms with van der Waals surface area (Å²) in [6.07, 6.45) is 6.04. The van der Waals surface area contributed by atoms with E-state index in [-0.39, 0.29) is 0 Å². The number of para-hydroxylation sites is 6. The van der Waals surface area contributed by atoms with Crippen molar-refractivity contribution in [3.05, 3.63) is 224 Å². The predicted octanol–water partition coefficient (Wildman–Crippen LogP) is 16.9. The Bertz CT molecular complexity index is 3760. The SMILES string of the molecule is CCCCCCc1ccc(-c2nc(-c3ccc(-n4c5ccccc5c5ccccc54)cc3)cc(-c3cc(-n4c5ccccc5c5ccccc54)cc(-n4c5ccccc5c5ccccc54)c3)n2)cc1. The molecule has 9 aromatic carbocycles. The molecule has 0 aliphatic rings. The van der Waals surface area contributed by atoms with E-state index in [4.69, 9.17) is 9.97 Å². The zero-order chi connectivity index (χ0) is 45.8. The van der Waals surface area contributed by atoms with E-state index in [2.05, 4.69) is 239 Å². The first-order valence-corrected chi connectivity index (χ1v) is 24.4. The van der Waals surface area contributed by atoms with Crippen molar-refractivity contribution in [2.75, 3.05) is 0 Å². The summed E-state index contributed by atoms with van der Waals surface area (Å²) < 4.78 is 7.20. The van der Waals surface area contributed by atoms with E-state index in [9.17, 15) is 0 Å². The number of unbranched alkanes of at least 4 members (excludes halogenated alkanes) is 3. The second-order valence-corrected chi connectivity index (χ2v) is 18.4. The molecule has 0 saturated heterocycles. The minimum Gasteiger partial charge on any atom is -0.309 e. The molecule has 0 bridgehead atoms. The second-order valence-electron chi connectivity index (χ2n) is 18.4. The predicted molar refractivity (Wildman–Crippen MR) is 289 cm³/mol. The van der Waals surface area contributed by atoms with Crippen molar-refractivity contribution in [3.8, 4) is 51.0 Å². The van der Waals surface area contributed by atoms with Gasteiger partial charge in [-0.1, -0.05) is 172 Å². The fraction of sp³-hybridized carbons (Fsp3) is 0.0938. The molecular weight excluding hydrogens is 839 g/mol. The minimum atomic E-state index is 0.701. The zero-order valence-corrected chi connectivity index (χ0v) is 38.6. The van der Waals surface area contributed by atoms with Crippen LogP contribution >= 0.6 is 0 Å². The summed E-state index contributed by atoms with van der Waals surface area (Å²) in [5, 5.41) is 7.39. The summed E-state index contributed by atoms with van der Waals surface area (Å²) in [6.45, 7) is 2.27. The third kappa shape index (κ3) is 7.00. The molecule has 330 valence electrons. The first-order chi connectivity index (χ1) is 34.2. The molecule has 0 aliphatic heterocycles. The number of hydrogen-bond donors (Lipinski definition) is 0. The van der Waals surface area contributed by atoms with Crippen LogP contribution < -0.4 is 0 Å². The molecule has 5 nitrogen and oxygen atoms in total. The van der Waals surface area contributed by atoms with Crippen LogP contribution in [0.15, 0.2) is 218 Å². The maximum absolute atomic E-state index is 5.50. The van der Waals surface area contributed by atoms with E-state index in [1.807, 2.05) is 0 Å². The molecule has 0 N–H and O–H groups in total. The molecule has 0 unspecified atom stereocenters. The number of fused-ring (bicyclic) bond motifs is 9. The van der Waals surface area contributed by atoms with Gasteiger partial charge in [-0.15, -0.1) is 0 Å². The van der Waals surface area contributed by atoms with E-state index >= 15 is 0 Å². The van der Waals surface area contributed by atoms with Crippen molar-refractivity contribution in [1.29, 1.82) is 0 Å². The summed E-state index contributed by atoms with van der Waals surface area (Å²) >= 11 is 0. The Kier molecular flexibility index (Phi) is 10.0. The van der Waals surface area contributed by atoms with Crippen molar-refractivity contribution in [3.63, 3.8) is 0 Å². The van der Waals surface area contributed by atoms with Crippen LogP contribution in [0.2, 0.25) is 0 Å². The van der Waals surface area contributed by atoms with Crippen LogP contribution in [0, 0.1) is 0 Å². The van der Waals surface area contributed by atoms with Crippen molar-refractivity contribution >= 4 is 65.4 Å². The molecule has 0 spiro atoms. The zero-order valence-electron chi connectivity index (χ0n) is 38.6. The number of aryl methyl sites for hydroxylation is 1. The average molecular weight is 888 g/mol. The first-order valence-electron chi connectivity index (χ1n) is 24.4. The van der Waals surface area contributed by atoms with E-state index < -0.39 is 0 Å². The molecule has 13 aromatic rings. The lowest BCUT2D eigenvalue weighted by molar-refractivity contribution is 0.667. The molecule has 4 heterocycles. The fourth-order valence-corrected chi connectivity index (χ4v) is 10.8. The van der Waals surface area contributed by atoms with Gasteiger partial charge in [0.05, 0.1) is 44.5 Å². The Morgan fingerprint density at radius 2 is 0.696 bits per heavy atom. The molecule has 0 aliphatic carbocycles. The van der Waals surface area contributed by atoms with Gasteiger partial charge in [0.15, 0.2) is 5.82 Å². The lowest BCUT2D eigenvalue weighted by atomic mass is 10.0. The van der Waals surface area contributed by atoms with Gasteiger partial charge in [0, 0.05) is 66.1 Å². The number of aromatic nitrogens is 5. The van der Waals surface area contributed by atoms with Crippen LogP contribution in [0.5, 0.6) is 0 Å². The van der Waals surface area contributed by atoms with Crippen molar-refractivity contribution in [2.24, 2.45) is 0 Å². The maximum atomic E-state index is 5.50. The Morgan fingerprint density at radius 3 is 1.12 bits per heavy atom. The Balaban J connectivity index is 1.02. The van der Waals surface area contributed by atoms with E-state index in [1.54, 1.807) is 0 Å². The molecule has 0 saturated carbocycles. The normalized spacial score (nSPS) is 11.8. The van der Waals surface area contributed by atoms with Gasteiger partial charge >= 0.3 is 0 Å². The van der Waals surface area contributed by atoms with Gasteiger partial charge in [-0.25, -0.2) is 9.97 Å². The van der Waals surface area contributed by atoms with Crippen LogP contribution in [-0.2, 0) is 6.42 Å². The van der Waals surface area contributed by atoms with Crippen LogP contribution in [0.4, 0.5) is 0 Å². The molecule has 0 atom stereocenters. The lowest BCUT2D eigenvalue weighted by Gasteiger charge is -2.16. The Labute approximate surface area is 401 Å². The first kappa shape index (κ1) is 40.7. The van der Waals surface area contributed by atoms with Gasteiger partial charge in [-0.05, 0) is 91.2 Å². The van der Waals surface area contributed by atoms with Crippen LogP contribution in [0.1, 0.15) is 38.2 Å². The summed E-state index contributed by atoms with van der Waals surface area (Å²) in [6, 6.07) is 79.3. The van der Waals surface area contributed by atoms with E-state index in [0.717, 1.165) is 73.6 Å². The van der Waals surface area contributed by atoms with E-state index in [0.29, 0.717) is 5.82 Å². The van der Waals surface area contributed by atoms with Gasteiger partial charge in [-0.3, -0.25) is 0 Å². The second kappa shape index (κ2) is 17.0. The van der Waals surface area contributed by atoms with Gasteiger partial charge < -0.3 is 13.7 Å². The summed E-state index contributed by atoms with van der Waals surface area (Å²) in [5.74, 6) is 0.701. The standard InChI is InChI=1S/C64H49N5/c1-2-3-4-5-18-43-31-33-45(34-32-43)64-65-56(44-35-37-47(38-36-44)67-58-25-12-6-19-50(58)51-20-7-13-26-59(51)67)42-57(66-64)46-39-48(68-60-27-14-8-21-52(60)53-22-9-15-28-61(53)68)41-49(40-46)69-62-29-16-10-23-54(62)55-24-11-17-30-63(55)69/h6-17,19-42H,2-5,18H2,1H3. The van der Waals surface area contributed by atoms with Crippen LogP contribution in [-0.4, -0.2) is 23.7 Å². The molecule has 13 rings (SSSR count). The Morgan fingerprint density at radius 1 is 0.319 bits per heavy atom. The Hall–Kier alpha value is -8.54. The van der Waals surface area contributed by atoms with Crippen molar-refractivity contribution in [2.45, 2.75) is 39.0 Å². The summed E-state index contributed by atoms with van der Waals surface area (Å²) in [4.78, 5) is 10.9. The largest absolute Gasteiger partial charge is 0.309 e. The average Bonchev–Trinajstić information content (AvgIpc) is 4.06. The fourth-order valence-electron chi connectivity index (χ4n) is 10.8. The number of benzene rings is 9.